The van der Waals surface area contributed by atoms with Crippen LogP contribution < -0.4 is 0 Å². The van der Waals surface area contributed by atoms with Crippen LogP contribution in [0.1, 0.15) is 36.3 Å². The van der Waals surface area contributed by atoms with E-state index in [-0.39, 0.29) is 12.3 Å². The second-order valence-electron chi connectivity index (χ2n) is 6.37. The Morgan fingerprint density at radius 1 is 1.16 bits per heavy atom. The Morgan fingerprint density at radius 2 is 1.76 bits per heavy atom. The number of halogens is 3. The zero-order chi connectivity index (χ0) is 18.7. The van der Waals surface area contributed by atoms with Crippen LogP contribution in [0.5, 0.6) is 0 Å². The normalized spacial score (nSPS) is 25.9. The van der Waals surface area contributed by atoms with Gasteiger partial charge in [-0.05, 0) is 42.9 Å². The molecule has 0 aromatic heterocycles. The Hall–Kier alpha value is -2.60. The lowest BCUT2D eigenvalue weighted by Crippen LogP contribution is -2.31. The fraction of sp³-hybridized carbons (Fsp3) is 0.421. The molecule has 0 heterocycles. The zero-order valence-corrected chi connectivity index (χ0v) is 13.5. The molecule has 1 aliphatic carbocycles. The molecule has 2 rings (SSSR count). The fourth-order valence-corrected chi connectivity index (χ4v) is 3.60. The monoisotopic (exact) mass is 346 g/mol. The maximum absolute atomic E-state index is 12.8. The van der Waals surface area contributed by atoms with Gasteiger partial charge in [0.05, 0.1) is 17.7 Å². The third-order valence-electron chi connectivity index (χ3n) is 4.92. The standard InChI is InChI=1S/C19H17F3N2O/c1-2-13-3-4-15(10-25)17(18(9-13,11-23)12-24)14-5-7-16(8-6-14)19(20,21)22/h2,5-8,10,13,15,17H,1,3-4,9H2/t13-,15-,17-/m1/s1. The zero-order valence-electron chi connectivity index (χ0n) is 13.5. The number of aldehydes is 1. The van der Waals surface area contributed by atoms with E-state index in [1.54, 1.807) is 6.08 Å². The first kappa shape index (κ1) is 18.7. The Labute approximate surface area is 144 Å². The second-order valence-corrected chi connectivity index (χ2v) is 6.37. The summed E-state index contributed by atoms with van der Waals surface area (Å²) in [5.74, 6) is -1.48. The van der Waals surface area contributed by atoms with Crippen LogP contribution in [-0.2, 0) is 11.0 Å². The van der Waals surface area contributed by atoms with Gasteiger partial charge in [-0.1, -0.05) is 18.2 Å². The van der Waals surface area contributed by atoms with E-state index in [2.05, 4.69) is 6.58 Å². The highest BCUT2D eigenvalue weighted by Crippen LogP contribution is 2.50. The van der Waals surface area contributed by atoms with Crippen molar-refractivity contribution in [3.05, 3.63) is 48.0 Å². The summed E-state index contributed by atoms with van der Waals surface area (Å²) in [5, 5.41) is 19.4. The summed E-state index contributed by atoms with van der Waals surface area (Å²) in [5.41, 5.74) is -1.89. The van der Waals surface area contributed by atoms with E-state index in [1.807, 2.05) is 12.1 Å². The van der Waals surface area contributed by atoms with Crippen molar-refractivity contribution in [2.75, 3.05) is 0 Å². The highest BCUT2D eigenvalue weighted by molar-refractivity contribution is 5.58. The third kappa shape index (κ3) is 3.58. The van der Waals surface area contributed by atoms with Gasteiger partial charge in [0.1, 0.15) is 6.29 Å². The van der Waals surface area contributed by atoms with Gasteiger partial charge in [-0.2, -0.15) is 23.7 Å². The predicted molar refractivity (Wildman–Crippen MR) is 84.9 cm³/mol. The number of alkyl halides is 3. The van der Waals surface area contributed by atoms with Gasteiger partial charge in [-0.3, -0.25) is 0 Å². The average Bonchev–Trinajstić information content (AvgIpc) is 2.77. The van der Waals surface area contributed by atoms with Crippen LogP contribution in [0.2, 0.25) is 0 Å². The van der Waals surface area contributed by atoms with Crippen molar-refractivity contribution in [1.82, 2.24) is 0 Å². The van der Waals surface area contributed by atoms with E-state index < -0.39 is 29.0 Å². The molecule has 130 valence electrons. The van der Waals surface area contributed by atoms with Crippen LogP contribution in [0.25, 0.3) is 0 Å². The van der Waals surface area contributed by atoms with Gasteiger partial charge in [-0.25, -0.2) is 0 Å². The predicted octanol–water partition coefficient (Wildman–Crippen LogP) is 4.62. The molecule has 1 aromatic rings. The minimum Gasteiger partial charge on any atom is -0.303 e. The quantitative estimate of drug-likeness (QED) is 0.455. The first-order valence-electron chi connectivity index (χ1n) is 7.89. The average molecular weight is 346 g/mol. The van der Waals surface area contributed by atoms with Gasteiger partial charge < -0.3 is 4.79 Å². The number of carbonyl (C=O) groups is 1. The van der Waals surface area contributed by atoms with Crippen LogP contribution in [-0.4, -0.2) is 6.29 Å². The molecule has 0 N–H and O–H groups in total. The van der Waals surface area contributed by atoms with Crippen molar-refractivity contribution in [2.24, 2.45) is 17.3 Å². The molecule has 1 saturated carbocycles. The molecule has 3 atom stereocenters. The number of hydrogen-bond donors (Lipinski definition) is 0. The van der Waals surface area contributed by atoms with Crippen LogP contribution in [0.4, 0.5) is 13.2 Å². The fourth-order valence-electron chi connectivity index (χ4n) is 3.60. The molecule has 0 bridgehead atoms. The van der Waals surface area contributed by atoms with Crippen molar-refractivity contribution in [2.45, 2.75) is 31.4 Å². The smallest absolute Gasteiger partial charge is 0.303 e. The first-order valence-corrected chi connectivity index (χ1v) is 7.89. The summed E-state index contributed by atoms with van der Waals surface area (Å²) >= 11 is 0. The Kier molecular flexibility index (Phi) is 5.33. The lowest BCUT2D eigenvalue weighted by atomic mass is 9.66. The van der Waals surface area contributed by atoms with E-state index in [9.17, 15) is 28.5 Å². The lowest BCUT2D eigenvalue weighted by molar-refractivity contribution is -0.137. The molecule has 0 amide bonds. The highest BCUT2D eigenvalue weighted by Gasteiger charge is 2.48. The summed E-state index contributed by atoms with van der Waals surface area (Å²) in [6.07, 6.45) is -0.829. The van der Waals surface area contributed by atoms with Crippen molar-refractivity contribution in [3.63, 3.8) is 0 Å². The summed E-state index contributed by atoms with van der Waals surface area (Å²) in [7, 11) is 0. The van der Waals surface area contributed by atoms with Crippen LogP contribution in [0.15, 0.2) is 36.9 Å². The van der Waals surface area contributed by atoms with E-state index in [0.29, 0.717) is 24.7 Å². The molecule has 0 radical (unpaired) electrons. The Morgan fingerprint density at radius 3 is 2.20 bits per heavy atom. The van der Waals surface area contributed by atoms with Crippen molar-refractivity contribution in [1.29, 1.82) is 10.5 Å². The lowest BCUT2D eigenvalue weighted by Gasteiger charge is -2.31. The number of carbonyl (C=O) groups excluding carboxylic acids is 1. The minimum absolute atomic E-state index is 0.0961. The number of hydrogen-bond acceptors (Lipinski definition) is 3. The highest BCUT2D eigenvalue weighted by atomic mass is 19.4. The maximum atomic E-state index is 12.8. The van der Waals surface area contributed by atoms with Crippen molar-refractivity contribution >= 4 is 6.29 Å². The summed E-state index contributed by atoms with van der Waals surface area (Å²) < 4.78 is 38.3. The molecule has 0 saturated heterocycles. The number of benzene rings is 1. The third-order valence-corrected chi connectivity index (χ3v) is 4.92. The van der Waals surface area contributed by atoms with E-state index >= 15 is 0 Å². The van der Waals surface area contributed by atoms with Crippen molar-refractivity contribution < 1.29 is 18.0 Å². The van der Waals surface area contributed by atoms with Gasteiger partial charge in [0.2, 0.25) is 0 Å². The SMILES string of the molecule is C=C[C@@H]1CC[C@H](C=O)[C@@H](c2ccc(C(F)(F)F)cc2)C(C#N)(C#N)C1. The van der Waals surface area contributed by atoms with Crippen LogP contribution >= 0.6 is 0 Å². The summed E-state index contributed by atoms with van der Waals surface area (Å²) in [6.45, 7) is 3.72. The summed E-state index contributed by atoms with van der Waals surface area (Å²) in [4.78, 5) is 11.6. The molecule has 6 heteroatoms. The largest absolute Gasteiger partial charge is 0.416 e. The molecule has 1 aliphatic rings. The first-order chi connectivity index (χ1) is 11.8. The Balaban J connectivity index is 2.56. The molecule has 0 aliphatic heterocycles. The number of nitrogens with zero attached hydrogens (tertiary/aromatic N) is 2. The van der Waals surface area contributed by atoms with E-state index in [4.69, 9.17) is 0 Å². The molecular formula is C19H17F3N2O. The minimum atomic E-state index is -4.47. The number of nitriles is 2. The summed E-state index contributed by atoms with van der Waals surface area (Å²) in [6, 6.07) is 8.46. The van der Waals surface area contributed by atoms with Gasteiger partial charge >= 0.3 is 6.18 Å². The molecule has 3 nitrogen and oxygen atoms in total. The Bertz CT molecular complexity index is 711. The second kappa shape index (κ2) is 7.11. The van der Waals surface area contributed by atoms with Gasteiger partial charge in [0, 0.05) is 11.8 Å². The van der Waals surface area contributed by atoms with Gasteiger partial charge in [-0.15, -0.1) is 6.58 Å². The van der Waals surface area contributed by atoms with E-state index in [0.717, 1.165) is 12.1 Å². The van der Waals surface area contributed by atoms with Gasteiger partial charge in [0.25, 0.3) is 0 Å². The van der Waals surface area contributed by atoms with Crippen molar-refractivity contribution in [3.8, 4) is 12.1 Å². The van der Waals surface area contributed by atoms with Crippen LogP contribution in [0, 0.1) is 39.9 Å². The molecular weight excluding hydrogens is 329 g/mol. The van der Waals surface area contributed by atoms with Crippen LogP contribution in [0.3, 0.4) is 0 Å². The maximum Gasteiger partial charge on any atom is 0.416 e. The topological polar surface area (TPSA) is 64.7 Å². The van der Waals surface area contributed by atoms with E-state index in [1.165, 1.54) is 12.1 Å². The number of allylic oxidation sites excluding steroid dienone is 1. The molecule has 1 fully saturated rings. The van der Waals surface area contributed by atoms with Gasteiger partial charge in [0.15, 0.2) is 5.41 Å². The molecule has 25 heavy (non-hydrogen) atoms. The molecule has 1 aromatic carbocycles. The number of rotatable bonds is 3. The molecule has 0 unspecified atom stereocenters. The molecule has 0 spiro atoms.